The van der Waals surface area contributed by atoms with E-state index in [1.807, 2.05) is 24.3 Å². The predicted molar refractivity (Wildman–Crippen MR) is 64.0 cm³/mol. The van der Waals surface area contributed by atoms with Gasteiger partial charge in [-0.05, 0) is 30.4 Å². The summed E-state index contributed by atoms with van der Waals surface area (Å²) in [5, 5.41) is 0. The minimum absolute atomic E-state index is 0. The van der Waals surface area contributed by atoms with Crippen molar-refractivity contribution in [2.24, 2.45) is 0 Å². The Morgan fingerprint density at radius 1 is 1.18 bits per heavy atom. The zero-order valence-electron chi connectivity index (χ0n) is 10.1. The number of aryl methyl sites for hydroxylation is 1. The maximum atomic E-state index is 10.4. The van der Waals surface area contributed by atoms with Crippen LogP contribution in [-0.2, 0) is 16.5 Å². The largest absolute Gasteiger partial charge is 1.00 e. The fourth-order valence-corrected chi connectivity index (χ4v) is 1.99. The standard InChI is InChI=1S/C12H16O3S.Na/c1-2-11-6-8-12(9-7-11)5-3-4-10-16(13,14)15;/h2,6-9H,1,3-5,10H2,(H,13,14,15);/q;+1/p-1. The maximum absolute atomic E-state index is 10.4. The summed E-state index contributed by atoms with van der Waals surface area (Å²) in [6, 6.07) is 7.91. The van der Waals surface area contributed by atoms with Crippen LogP contribution in [0.1, 0.15) is 24.0 Å². The summed E-state index contributed by atoms with van der Waals surface area (Å²) in [7, 11) is -4.05. The van der Waals surface area contributed by atoms with Gasteiger partial charge in [-0.25, -0.2) is 8.42 Å². The zero-order chi connectivity index (χ0) is 12.0. The van der Waals surface area contributed by atoms with Crippen LogP contribution in [0.25, 0.3) is 6.08 Å². The Kier molecular flexibility index (Phi) is 8.00. The molecule has 17 heavy (non-hydrogen) atoms. The van der Waals surface area contributed by atoms with E-state index in [9.17, 15) is 13.0 Å². The Balaban J connectivity index is 0.00000256. The van der Waals surface area contributed by atoms with Gasteiger partial charge in [-0.15, -0.1) is 0 Å². The van der Waals surface area contributed by atoms with E-state index in [-0.39, 0.29) is 35.3 Å². The summed E-state index contributed by atoms with van der Waals surface area (Å²) in [4.78, 5) is 0. The van der Waals surface area contributed by atoms with Gasteiger partial charge in [0.1, 0.15) is 0 Å². The third-order valence-electron chi connectivity index (χ3n) is 2.33. The molecule has 0 spiro atoms. The van der Waals surface area contributed by atoms with E-state index in [0.29, 0.717) is 6.42 Å². The van der Waals surface area contributed by atoms with Gasteiger partial charge < -0.3 is 4.55 Å². The van der Waals surface area contributed by atoms with Crippen molar-refractivity contribution in [3.05, 3.63) is 42.0 Å². The van der Waals surface area contributed by atoms with Crippen molar-refractivity contribution in [1.82, 2.24) is 0 Å². The van der Waals surface area contributed by atoms with Crippen LogP contribution in [0.5, 0.6) is 0 Å². The molecule has 1 aromatic carbocycles. The fourth-order valence-electron chi connectivity index (χ4n) is 1.43. The smallest absolute Gasteiger partial charge is 0.748 e. The second-order valence-electron chi connectivity index (χ2n) is 3.66. The van der Waals surface area contributed by atoms with Crippen molar-refractivity contribution in [2.75, 3.05) is 5.75 Å². The van der Waals surface area contributed by atoms with Gasteiger partial charge in [-0.2, -0.15) is 0 Å². The SMILES string of the molecule is C=Cc1ccc(CCCCS(=O)(=O)[O-])cc1.[Na+]. The van der Waals surface area contributed by atoms with Crippen LogP contribution in [0, 0.1) is 0 Å². The average Bonchev–Trinajstić information content (AvgIpc) is 2.24. The molecular formula is C12H15NaO3S. The maximum Gasteiger partial charge on any atom is 1.00 e. The van der Waals surface area contributed by atoms with Gasteiger partial charge >= 0.3 is 29.6 Å². The summed E-state index contributed by atoms with van der Waals surface area (Å²) < 4.78 is 31.1. The van der Waals surface area contributed by atoms with Crippen LogP contribution in [0.4, 0.5) is 0 Å². The van der Waals surface area contributed by atoms with E-state index in [1.54, 1.807) is 6.08 Å². The van der Waals surface area contributed by atoms with E-state index in [1.165, 1.54) is 0 Å². The summed E-state index contributed by atoms with van der Waals surface area (Å²) in [6.45, 7) is 3.66. The molecule has 0 saturated heterocycles. The summed E-state index contributed by atoms with van der Waals surface area (Å²) in [5.41, 5.74) is 2.21. The first kappa shape index (κ1) is 16.9. The normalized spacial score (nSPS) is 10.6. The summed E-state index contributed by atoms with van der Waals surface area (Å²) in [5.74, 6) is -0.266. The quantitative estimate of drug-likeness (QED) is 0.383. The van der Waals surface area contributed by atoms with Crippen LogP contribution in [0.2, 0.25) is 0 Å². The first-order chi connectivity index (χ1) is 7.51. The molecule has 0 bridgehead atoms. The Bertz CT molecular complexity index is 437. The third kappa shape index (κ3) is 7.73. The molecule has 5 heteroatoms. The topological polar surface area (TPSA) is 57.2 Å². The monoisotopic (exact) mass is 262 g/mol. The Morgan fingerprint density at radius 2 is 1.76 bits per heavy atom. The molecule has 0 aliphatic heterocycles. The molecule has 3 nitrogen and oxygen atoms in total. The van der Waals surface area contributed by atoms with Crippen molar-refractivity contribution >= 4 is 16.2 Å². The molecule has 0 saturated carbocycles. The Morgan fingerprint density at radius 3 is 2.24 bits per heavy atom. The Hall–Kier alpha value is -0.130. The second-order valence-corrected chi connectivity index (χ2v) is 5.19. The van der Waals surface area contributed by atoms with E-state index >= 15 is 0 Å². The number of hydrogen-bond acceptors (Lipinski definition) is 3. The van der Waals surface area contributed by atoms with Crippen molar-refractivity contribution in [3.63, 3.8) is 0 Å². The summed E-state index contributed by atoms with van der Waals surface area (Å²) >= 11 is 0. The van der Waals surface area contributed by atoms with Crippen LogP contribution >= 0.6 is 0 Å². The van der Waals surface area contributed by atoms with Gasteiger partial charge in [0, 0.05) is 5.75 Å². The molecule has 1 rings (SSSR count). The molecule has 0 amide bonds. The minimum atomic E-state index is -4.05. The van der Waals surface area contributed by atoms with Crippen LogP contribution < -0.4 is 29.6 Å². The van der Waals surface area contributed by atoms with Crippen molar-refractivity contribution in [1.29, 1.82) is 0 Å². The first-order valence-corrected chi connectivity index (χ1v) is 6.74. The summed E-state index contributed by atoms with van der Waals surface area (Å²) in [6.07, 6.45) is 3.71. The van der Waals surface area contributed by atoms with E-state index in [0.717, 1.165) is 24.0 Å². The van der Waals surface area contributed by atoms with Gasteiger partial charge in [0.15, 0.2) is 0 Å². The van der Waals surface area contributed by atoms with Crippen molar-refractivity contribution < 1.29 is 42.5 Å². The van der Waals surface area contributed by atoms with Gasteiger partial charge in [0.25, 0.3) is 0 Å². The van der Waals surface area contributed by atoms with Crippen molar-refractivity contribution in [2.45, 2.75) is 19.3 Å². The zero-order valence-corrected chi connectivity index (χ0v) is 12.9. The predicted octanol–water partition coefficient (Wildman–Crippen LogP) is -0.798. The van der Waals surface area contributed by atoms with E-state index in [4.69, 9.17) is 0 Å². The number of rotatable bonds is 6. The van der Waals surface area contributed by atoms with Crippen molar-refractivity contribution in [3.8, 4) is 0 Å². The first-order valence-electron chi connectivity index (χ1n) is 5.16. The molecule has 0 aromatic heterocycles. The minimum Gasteiger partial charge on any atom is -0.748 e. The number of benzene rings is 1. The van der Waals surface area contributed by atoms with Gasteiger partial charge in [0.2, 0.25) is 0 Å². The molecule has 0 aliphatic carbocycles. The van der Waals surface area contributed by atoms with Crippen LogP contribution in [0.3, 0.4) is 0 Å². The van der Waals surface area contributed by atoms with Gasteiger partial charge in [-0.3, -0.25) is 0 Å². The number of unbranched alkanes of at least 4 members (excludes halogenated alkanes) is 1. The average molecular weight is 262 g/mol. The molecule has 0 atom stereocenters. The number of hydrogen-bond donors (Lipinski definition) is 0. The second kappa shape index (κ2) is 8.06. The molecule has 0 N–H and O–H groups in total. The molecule has 88 valence electrons. The molecule has 0 unspecified atom stereocenters. The third-order valence-corrected chi connectivity index (χ3v) is 3.11. The molecule has 0 radical (unpaired) electrons. The van der Waals surface area contributed by atoms with Gasteiger partial charge in [-0.1, -0.05) is 36.9 Å². The molecule has 0 heterocycles. The van der Waals surface area contributed by atoms with Gasteiger partial charge in [0.05, 0.1) is 10.1 Å². The van der Waals surface area contributed by atoms with E-state index in [2.05, 4.69) is 6.58 Å². The molecule has 0 fully saturated rings. The molecule has 0 aliphatic rings. The molecular weight excluding hydrogens is 247 g/mol. The Labute approximate surface area is 125 Å². The fraction of sp³-hybridized carbons (Fsp3) is 0.333. The van der Waals surface area contributed by atoms with Crippen LogP contribution in [-0.4, -0.2) is 18.7 Å². The van der Waals surface area contributed by atoms with Crippen LogP contribution in [0.15, 0.2) is 30.8 Å². The molecule has 1 aromatic rings. The van der Waals surface area contributed by atoms with E-state index < -0.39 is 10.1 Å².